The van der Waals surface area contributed by atoms with Crippen molar-refractivity contribution in [1.29, 1.82) is 0 Å². The molecule has 7 heteroatoms. The van der Waals surface area contributed by atoms with Crippen molar-refractivity contribution in [2.24, 2.45) is 0 Å². The highest BCUT2D eigenvalue weighted by Crippen LogP contribution is 2.20. The molecule has 0 saturated carbocycles. The van der Waals surface area contributed by atoms with Crippen LogP contribution in [0.3, 0.4) is 0 Å². The molecule has 0 spiro atoms. The molecule has 31 heavy (non-hydrogen) atoms. The quantitative estimate of drug-likeness (QED) is 0.432. The number of carbonyl (C=O) groups excluding carboxylic acids is 1. The van der Waals surface area contributed by atoms with Crippen molar-refractivity contribution < 1.29 is 9.53 Å². The van der Waals surface area contributed by atoms with Gasteiger partial charge in [-0.15, -0.1) is 0 Å². The summed E-state index contributed by atoms with van der Waals surface area (Å²) in [4.78, 5) is 33.0. The van der Waals surface area contributed by atoms with Gasteiger partial charge in [0.15, 0.2) is 0 Å². The molecule has 7 nitrogen and oxygen atoms in total. The van der Waals surface area contributed by atoms with Crippen LogP contribution in [-0.2, 0) is 17.8 Å². The summed E-state index contributed by atoms with van der Waals surface area (Å²) in [6.07, 6.45) is 2.42. The van der Waals surface area contributed by atoms with Gasteiger partial charge in [0.1, 0.15) is 17.0 Å². The second-order valence-corrected chi connectivity index (χ2v) is 7.71. The van der Waals surface area contributed by atoms with E-state index in [-0.39, 0.29) is 11.5 Å². The summed E-state index contributed by atoms with van der Waals surface area (Å²) in [6, 6.07) is 15.3. The lowest BCUT2D eigenvalue weighted by Crippen LogP contribution is -2.28. The molecule has 0 fully saturated rings. The second-order valence-electron chi connectivity index (χ2n) is 7.71. The first-order valence-electron chi connectivity index (χ1n) is 10.3. The van der Waals surface area contributed by atoms with Crippen LogP contribution in [0.1, 0.15) is 28.0 Å². The van der Waals surface area contributed by atoms with Crippen LogP contribution in [0, 0.1) is 6.92 Å². The minimum absolute atomic E-state index is 0.149. The molecule has 4 aromatic rings. The molecule has 1 aromatic carbocycles. The number of aromatic nitrogens is 3. The molecule has 0 saturated heterocycles. The lowest BCUT2D eigenvalue weighted by Gasteiger charge is -2.19. The van der Waals surface area contributed by atoms with Crippen LogP contribution in [-0.4, -0.2) is 45.5 Å². The van der Waals surface area contributed by atoms with Crippen molar-refractivity contribution in [2.75, 3.05) is 20.8 Å². The van der Waals surface area contributed by atoms with Crippen LogP contribution in [0.4, 0.5) is 0 Å². The van der Waals surface area contributed by atoms with Gasteiger partial charge in [-0.2, -0.15) is 0 Å². The van der Waals surface area contributed by atoms with Crippen LogP contribution < -0.4 is 5.56 Å². The van der Waals surface area contributed by atoms with Gasteiger partial charge in [-0.25, -0.2) is 4.98 Å². The molecule has 160 valence electrons. The van der Waals surface area contributed by atoms with Gasteiger partial charge < -0.3 is 14.2 Å². The van der Waals surface area contributed by atoms with E-state index in [1.807, 2.05) is 54.0 Å². The van der Waals surface area contributed by atoms with Crippen LogP contribution >= 0.6 is 0 Å². The van der Waals surface area contributed by atoms with E-state index in [1.54, 1.807) is 35.7 Å². The minimum Gasteiger partial charge on any atom is -0.385 e. The normalized spacial score (nSPS) is 11.3. The Labute approximate surface area is 180 Å². The molecule has 4 rings (SSSR count). The first-order valence-corrected chi connectivity index (χ1v) is 10.3. The second kappa shape index (κ2) is 8.73. The smallest absolute Gasteiger partial charge is 0.270 e. The molecular weight excluding hydrogens is 392 g/mol. The van der Waals surface area contributed by atoms with Crippen LogP contribution in [0.25, 0.3) is 16.7 Å². The summed E-state index contributed by atoms with van der Waals surface area (Å²) in [7, 11) is 3.42. The Bertz CT molecular complexity index is 1290. The van der Waals surface area contributed by atoms with Crippen molar-refractivity contribution in [2.45, 2.75) is 26.4 Å². The van der Waals surface area contributed by atoms with Crippen molar-refractivity contribution in [1.82, 2.24) is 18.9 Å². The molecule has 0 atom stereocenters. The fraction of sp³-hybridized carbons (Fsp3) is 0.292. The first-order chi connectivity index (χ1) is 15.0. The van der Waals surface area contributed by atoms with Crippen LogP contribution in [0.5, 0.6) is 0 Å². The number of rotatable bonds is 7. The average molecular weight is 418 g/mol. The predicted molar refractivity (Wildman–Crippen MR) is 120 cm³/mol. The number of hydrogen-bond donors (Lipinski definition) is 0. The summed E-state index contributed by atoms with van der Waals surface area (Å²) in [5.41, 5.74) is 3.37. The van der Waals surface area contributed by atoms with Gasteiger partial charge in [-0.05, 0) is 36.6 Å². The zero-order valence-corrected chi connectivity index (χ0v) is 18.0. The van der Waals surface area contributed by atoms with Crippen molar-refractivity contribution in [3.05, 3.63) is 81.9 Å². The maximum Gasteiger partial charge on any atom is 0.270 e. The van der Waals surface area contributed by atoms with E-state index < -0.39 is 0 Å². The maximum atomic E-state index is 13.4. The van der Waals surface area contributed by atoms with E-state index in [0.717, 1.165) is 11.1 Å². The van der Waals surface area contributed by atoms with Crippen molar-refractivity contribution >= 4 is 22.6 Å². The number of aryl methyl sites for hydroxylation is 2. The molecule has 0 N–H and O–H groups in total. The number of hydrogen-bond acceptors (Lipinski definition) is 4. The maximum absolute atomic E-state index is 13.4. The van der Waals surface area contributed by atoms with E-state index in [9.17, 15) is 9.59 Å². The monoisotopic (exact) mass is 418 g/mol. The zero-order chi connectivity index (χ0) is 22.0. The predicted octanol–water partition coefficient (Wildman–Crippen LogP) is 3.27. The average Bonchev–Trinajstić information content (AvgIpc) is 3.14. The van der Waals surface area contributed by atoms with Gasteiger partial charge in [0, 0.05) is 40.1 Å². The highest BCUT2D eigenvalue weighted by Gasteiger charge is 2.22. The third-order valence-corrected chi connectivity index (χ3v) is 5.45. The Hall–Kier alpha value is -3.45. The molecule has 0 aliphatic heterocycles. The molecule has 1 amide bonds. The van der Waals surface area contributed by atoms with E-state index in [4.69, 9.17) is 9.72 Å². The zero-order valence-electron chi connectivity index (χ0n) is 18.0. The van der Waals surface area contributed by atoms with Crippen molar-refractivity contribution in [3.8, 4) is 0 Å². The number of fused-ring (bicyclic) bond motifs is 2. The highest BCUT2D eigenvalue weighted by molar-refractivity contribution is 5.98. The number of amides is 1. The van der Waals surface area contributed by atoms with Gasteiger partial charge in [-0.3, -0.25) is 14.0 Å². The summed E-state index contributed by atoms with van der Waals surface area (Å²) in [5, 5.41) is 0.442. The van der Waals surface area contributed by atoms with Crippen LogP contribution in [0.15, 0.2) is 59.5 Å². The van der Waals surface area contributed by atoms with Gasteiger partial charge in [-0.1, -0.05) is 36.4 Å². The van der Waals surface area contributed by atoms with Gasteiger partial charge in [0.05, 0.1) is 5.39 Å². The molecule has 3 heterocycles. The Morgan fingerprint density at radius 3 is 2.65 bits per heavy atom. The highest BCUT2D eigenvalue weighted by atomic mass is 16.5. The number of nitrogens with zero attached hydrogens (tertiary/aromatic N) is 4. The van der Waals surface area contributed by atoms with Gasteiger partial charge in [0.25, 0.3) is 11.5 Å². The van der Waals surface area contributed by atoms with Gasteiger partial charge in [0.2, 0.25) is 0 Å². The Morgan fingerprint density at radius 2 is 1.90 bits per heavy atom. The number of methoxy groups -OCH3 is 1. The first kappa shape index (κ1) is 20.8. The standard InChI is InChI=1S/C24H26N4O3/c1-17-9-7-12-28-21(17)25-22-19(23(28)29)15-20(27(22)13-8-14-31-3)24(30)26(2)16-18-10-5-4-6-11-18/h4-7,9-12,15H,8,13-14,16H2,1-3H3. The third-order valence-electron chi connectivity index (χ3n) is 5.45. The summed E-state index contributed by atoms with van der Waals surface area (Å²) >= 11 is 0. The van der Waals surface area contributed by atoms with Gasteiger partial charge >= 0.3 is 0 Å². The number of benzene rings is 1. The van der Waals surface area contributed by atoms with Crippen LogP contribution in [0.2, 0.25) is 0 Å². The number of ether oxygens (including phenoxy) is 1. The largest absolute Gasteiger partial charge is 0.385 e. The fourth-order valence-electron chi connectivity index (χ4n) is 3.86. The Morgan fingerprint density at radius 1 is 1.13 bits per heavy atom. The molecule has 0 aliphatic carbocycles. The lowest BCUT2D eigenvalue weighted by molar-refractivity contribution is 0.0773. The summed E-state index contributed by atoms with van der Waals surface area (Å²) in [6.45, 7) is 3.49. The van der Waals surface area contributed by atoms with E-state index >= 15 is 0 Å². The molecule has 0 aliphatic rings. The molecule has 3 aromatic heterocycles. The van der Waals surface area contributed by atoms with Crippen molar-refractivity contribution in [3.63, 3.8) is 0 Å². The molecule has 0 bridgehead atoms. The molecule has 0 unspecified atom stereocenters. The number of pyridine rings is 1. The summed E-state index contributed by atoms with van der Waals surface area (Å²) < 4.78 is 8.59. The SMILES string of the molecule is COCCCn1c(C(=O)N(C)Cc2ccccc2)cc2c(=O)n3cccc(C)c3nc21. The van der Waals surface area contributed by atoms with E-state index in [0.29, 0.717) is 48.5 Å². The Kier molecular flexibility index (Phi) is 5.86. The minimum atomic E-state index is -0.172. The fourth-order valence-corrected chi connectivity index (χ4v) is 3.86. The lowest BCUT2D eigenvalue weighted by atomic mass is 10.2. The van der Waals surface area contributed by atoms with E-state index in [1.165, 1.54) is 0 Å². The number of carbonyl (C=O) groups is 1. The summed E-state index contributed by atoms with van der Waals surface area (Å²) in [5.74, 6) is -0.149. The third kappa shape index (κ3) is 3.96. The Balaban J connectivity index is 1.83. The molecular formula is C24H26N4O3. The molecule has 0 radical (unpaired) electrons. The topological polar surface area (TPSA) is 68.8 Å². The van der Waals surface area contributed by atoms with E-state index in [2.05, 4.69) is 0 Å².